The van der Waals surface area contributed by atoms with Crippen molar-refractivity contribution in [3.63, 3.8) is 0 Å². The summed E-state index contributed by atoms with van der Waals surface area (Å²) in [5.41, 5.74) is 0.613. The van der Waals surface area contributed by atoms with Crippen molar-refractivity contribution in [2.24, 2.45) is 11.8 Å². The van der Waals surface area contributed by atoms with Gasteiger partial charge in [-0.2, -0.15) is 5.26 Å². The van der Waals surface area contributed by atoms with Gasteiger partial charge in [0.05, 0.1) is 16.6 Å². The Kier molecular flexibility index (Phi) is 4.96. The van der Waals surface area contributed by atoms with Crippen LogP contribution in [0.15, 0.2) is 21.2 Å². The number of carbonyl (C=O) groups excluding carboxylic acids is 1. The minimum Gasteiger partial charge on any atom is -0.444 e. The quantitative estimate of drug-likeness (QED) is 0.734. The minimum atomic E-state index is 0.194. The molecular formula is C21H24BrN5O2. The van der Waals surface area contributed by atoms with Crippen LogP contribution in [0.4, 0.5) is 5.82 Å². The molecule has 2 aromatic rings. The summed E-state index contributed by atoms with van der Waals surface area (Å²) in [6, 6.07) is 4.73. The lowest BCUT2D eigenvalue weighted by Crippen LogP contribution is -2.48. The van der Waals surface area contributed by atoms with Crippen LogP contribution in [-0.2, 0) is 4.79 Å². The molecule has 0 radical (unpaired) electrons. The third-order valence-electron chi connectivity index (χ3n) is 6.84. The van der Waals surface area contributed by atoms with Crippen LogP contribution in [0.25, 0.3) is 11.0 Å². The predicted octanol–water partition coefficient (Wildman–Crippen LogP) is 3.25. The number of carbonyl (C=O) groups is 1. The number of amides is 1. The number of nitriles is 1. The lowest BCUT2D eigenvalue weighted by molar-refractivity contribution is -0.124. The first kappa shape index (κ1) is 18.9. The highest BCUT2D eigenvalue weighted by molar-refractivity contribution is 9.10. The third-order valence-corrected chi connectivity index (χ3v) is 7.65. The molecule has 3 aliphatic rings. The molecule has 4 heterocycles. The smallest absolute Gasteiger partial charge is 0.224 e. The molecule has 0 aromatic carbocycles. The molecule has 0 bridgehead atoms. The number of nitrogens with zero attached hydrogens (tertiary/aromatic N) is 3. The van der Waals surface area contributed by atoms with Crippen LogP contribution in [0.1, 0.15) is 37.9 Å². The maximum absolute atomic E-state index is 12.1. The number of hydrogen-bond acceptors (Lipinski definition) is 6. The molecule has 7 nitrogen and oxygen atoms in total. The van der Waals surface area contributed by atoms with E-state index in [1.807, 2.05) is 6.07 Å². The molecule has 29 heavy (non-hydrogen) atoms. The molecule has 2 aliphatic heterocycles. The monoisotopic (exact) mass is 457 g/mol. The van der Waals surface area contributed by atoms with E-state index in [1.165, 1.54) is 0 Å². The number of furan rings is 1. The summed E-state index contributed by atoms with van der Waals surface area (Å²) < 4.78 is 6.29. The zero-order valence-electron chi connectivity index (χ0n) is 16.2. The van der Waals surface area contributed by atoms with Gasteiger partial charge in [0, 0.05) is 36.6 Å². The fourth-order valence-corrected chi connectivity index (χ4v) is 5.70. The van der Waals surface area contributed by atoms with Crippen LogP contribution >= 0.6 is 15.9 Å². The molecule has 1 aliphatic carbocycles. The largest absolute Gasteiger partial charge is 0.444 e. The number of anilines is 1. The van der Waals surface area contributed by atoms with Crippen LogP contribution in [0, 0.1) is 23.2 Å². The second kappa shape index (κ2) is 7.62. The van der Waals surface area contributed by atoms with E-state index < -0.39 is 0 Å². The zero-order chi connectivity index (χ0) is 20.0. The Morgan fingerprint density at radius 1 is 1.31 bits per heavy atom. The van der Waals surface area contributed by atoms with Gasteiger partial charge >= 0.3 is 0 Å². The van der Waals surface area contributed by atoms with Gasteiger partial charge in [-0.3, -0.25) is 9.69 Å². The average molecular weight is 458 g/mol. The van der Waals surface area contributed by atoms with Crippen molar-refractivity contribution in [2.75, 3.05) is 25.0 Å². The predicted molar refractivity (Wildman–Crippen MR) is 112 cm³/mol. The second-order valence-electron chi connectivity index (χ2n) is 8.47. The lowest BCUT2D eigenvalue weighted by atomic mass is 9.84. The molecular weight excluding hydrogens is 434 g/mol. The molecule has 0 unspecified atom stereocenters. The standard InChI is InChI=1S/C21H24BrN5O2/c22-19-16-7-15(8-23)29-18(16)10-24-20(19)26-13-1-3-14(4-2-13)27-6-5-12-9-25-21(28)17(12)11-27/h7,10,12-14,17H,1-6,9,11H2,(H,24,26)(H,25,28)/t12-,13?,14?,17-/m1/s1. The molecule has 0 spiro atoms. The summed E-state index contributed by atoms with van der Waals surface area (Å²) in [4.78, 5) is 19.1. The molecule has 2 saturated heterocycles. The summed E-state index contributed by atoms with van der Waals surface area (Å²) in [7, 11) is 0. The third kappa shape index (κ3) is 3.51. The summed E-state index contributed by atoms with van der Waals surface area (Å²) >= 11 is 3.62. The number of hydrogen-bond donors (Lipinski definition) is 2. The summed E-state index contributed by atoms with van der Waals surface area (Å²) in [5, 5.41) is 16.5. The van der Waals surface area contributed by atoms with Gasteiger partial charge in [-0.15, -0.1) is 0 Å². The molecule has 8 heteroatoms. The minimum absolute atomic E-state index is 0.194. The first-order valence-electron chi connectivity index (χ1n) is 10.4. The summed E-state index contributed by atoms with van der Waals surface area (Å²) in [6.07, 6.45) is 7.26. The zero-order valence-corrected chi connectivity index (χ0v) is 17.7. The van der Waals surface area contributed by atoms with E-state index in [-0.39, 0.29) is 11.8 Å². The van der Waals surface area contributed by atoms with Crippen LogP contribution in [0.3, 0.4) is 0 Å². The fraction of sp³-hybridized carbons (Fsp3) is 0.571. The van der Waals surface area contributed by atoms with E-state index in [4.69, 9.17) is 9.68 Å². The van der Waals surface area contributed by atoms with Gasteiger partial charge in [0.1, 0.15) is 11.9 Å². The Labute approximate surface area is 177 Å². The van der Waals surface area contributed by atoms with Crippen molar-refractivity contribution in [3.05, 3.63) is 22.5 Å². The van der Waals surface area contributed by atoms with Gasteiger partial charge in [-0.25, -0.2) is 4.98 Å². The second-order valence-corrected chi connectivity index (χ2v) is 9.26. The van der Waals surface area contributed by atoms with Gasteiger partial charge in [0.2, 0.25) is 11.7 Å². The van der Waals surface area contributed by atoms with Gasteiger partial charge in [0.15, 0.2) is 5.58 Å². The van der Waals surface area contributed by atoms with E-state index in [0.717, 1.165) is 67.4 Å². The number of fused-ring (bicyclic) bond motifs is 2. The number of piperidine rings is 1. The topological polar surface area (TPSA) is 94.2 Å². The van der Waals surface area contributed by atoms with Crippen LogP contribution < -0.4 is 10.6 Å². The Bertz CT molecular complexity index is 975. The first-order chi connectivity index (χ1) is 14.1. The number of rotatable bonds is 3. The van der Waals surface area contributed by atoms with Crippen LogP contribution in [-0.4, -0.2) is 47.5 Å². The van der Waals surface area contributed by atoms with Crippen LogP contribution in [0.5, 0.6) is 0 Å². The molecule has 1 saturated carbocycles. The van der Waals surface area contributed by atoms with Crippen molar-refractivity contribution >= 4 is 38.6 Å². The first-order valence-corrected chi connectivity index (χ1v) is 11.2. The maximum Gasteiger partial charge on any atom is 0.224 e. The fourth-order valence-electron chi connectivity index (χ4n) is 5.18. The highest BCUT2D eigenvalue weighted by Crippen LogP contribution is 2.35. The molecule has 3 fully saturated rings. The van der Waals surface area contributed by atoms with Crippen molar-refractivity contribution in [1.82, 2.24) is 15.2 Å². The van der Waals surface area contributed by atoms with Crippen molar-refractivity contribution in [2.45, 2.75) is 44.2 Å². The Morgan fingerprint density at radius 2 is 2.14 bits per heavy atom. The van der Waals surface area contributed by atoms with E-state index in [1.54, 1.807) is 12.3 Å². The normalized spacial score (nSPS) is 30.0. The average Bonchev–Trinajstić information content (AvgIpc) is 3.34. The maximum atomic E-state index is 12.1. The van der Waals surface area contributed by atoms with Gasteiger partial charge in [-0.05, 0) is 60.5 Å². The van der Waals surface area contributed by atoms with Crippen molar-refractivity contribution in [3.8, 4) is 6.07 Å². The molecule has 2 N–H and O–H groups in total. The summed E-state index contributed by atoms with van der Waals surface area (Å²) in [6.45, 7) is 2.90. The highest BCUT2D eigenvalue weighted by Gasteiger charge is 2.41. The number of pyridine rings is 1. The number of nitrogens with one attached hydrogen (secondary N) is 2. The number of likely N-dealkylation sites (tertiary alicyclic amines) is 1. The van der Waals surface area contributed by atoms with E-state index in [9.17, 15) is 4.79 Å². The SMILES string of the molecule is N#Cc1cc2c(Br)c(NC3CCC(N4CC[C@@H]5CNC(=O)[C@@H]5C4)CC3)ncc2o1. The van der Waals surface area contributed by atoms with Gasteiger partial charge < -0.3 is 15.1 Å². The lowest BCUT2D eigenvalue weighted by Gasteiger charge is -2.42. The van der Waals surface area contributed by atoms with Gasteiger partial charge in [0.25, 0.3) is 0 Å². The Balaban J connectivity index is 1.20. The van der Waals surface area contributed by atoms with Crippen LogP contribution in [0.2, 0.25) is 0 Å². The Morgan fingerprint density at radius 3 is 2.93 bits per heavy atom. The number of aromatic nitrogens is 1. The van der Waals surface area contributed by atoms with Crippen molar-refractivity contribution in [1.29, 1.82) is 5.26 Å². The Hall–Kier alpha value is -2.11. The molecule has 152 valence electrons. The van der Waals surface area contributed by atoms with Gasteiger partial charge in [-0.1, -0.05) is 0 Å². The molecule has 1 amide bonds. The molecule has 5 rings (SSSR count). The summed E-state index contributed by atoms with van der Waals surface area (Å²) in [5.74, 6) is 2.08. The molecule has 2 atom stereocenters. The number of halogens is 1. The van der Waals surface area contributed by atoms with Crippen molar-refractivity contribution < 1.29 is 9.21 Å². The molecule has 2 aromatic heterocycles. The van der Waals surface area contributed by atoms with E-state index in [0.29, 0.717) is 29.3 Å². The van der Waals surface area contributed by atoms with E-state index in [2.05, 4.69) is 36.4 Å². The van der Waals surface area contributed by atoms with E-state index >= 15 is 0 Å². The highest BCUT2D eigenvalue weighted by atomic mass is 79.9.